The fraction of sp³-hybridized carbons (Fsp3) is 0.348. The molecule has 1 aromatic heterocycles. The van der Waals surface area contributed by atoms with Gasteiger partial charge in [-0.05, 0) is 61.2 Å². The summed E-state index contributed by atoms with van der Waals surface area (Å²) in [6.07, 6.45) is 4.70. The van der Waals surface area contributed by atoms with E-state index in [4.69, 9.17) is 14.9 Å². The molecule has 0 aliphatic heterocycles. The average Bonchev–Trinajstić information content (AvgIpc) is 3.22. The number of nitrogens with two attached hydrogens (primary N) is 1. The summed E-state index contributed by atoms with van der Waals surface area (Å²) in [6, 6.07) is 15.4. The van der Waals surface area contributed by atoms with Crippen LogP contribution in [-0.4, -0.2) is 33.9 Å². The summed E-state index contributed by atoms with van der Waals surface area (Å²) in [4.78, 5) is 4.49. The van der Waals surface area contributed by atoms with Crippen LogP contribution in [0.2, 0.25) is 0 Å². The van der Waals surface area contributed by atoms with E-state index >= 15 is 0 Å². The van der Waals surface area contributed by atoms with Crippen LogP contribution < -0.4 is 10.5 Å². The van der Waals surface area contributed by atoms with Gasteiger partial charge in [-0.2, -0.15) is 0 Å². The van der Waals surface area contributed by atoms with Gasteiger partial charge in [0.2, 0.25) is 0 Å². The Hall–Kier alpha value is -2.67. The van der Waals surface area contributed by atoms with Crippen LogP contribution in [0.3, 0.4) is 0 Å². The van der Waals surface area contributed by atoms with Gasteiger partial charge < -0.3 is 25.1 Å². The molecule has 0 unspecified atom stereocenters. The van der Waals surface area contributed by atoms with Gasteiger partial charge in [0.15, 0.2) is 5.89 Å². The third kappa shape index (κ3) is 5.67. The summed E-state index contributed by atoms with van der Waals surface area (Å²) >= 11 is 0. The average molecular weight is 396 g/mol. The fourth-order valence-corrected chi connectivity index (χ4v) is 2.93. The molecule has 0 bridgehead atoms. The molecule has 3 rings (SSSR count). The third-order valence-corrected chi connectivity index (χ3v) is 4.87. The SMILES string of the molecule is CCCc1nc(-c2ccc(Oc3ccc(CCC(N)(CO)CO)cc3)cc2)co1. The van der Waals surface area contributed by atoms with Crippen LogP contribution in [0.1, 0.15) is 31.2 Å². The highest BCUT2D eigenvalue weighted by Crippen LogP contribution is 2.26. The molecule has 4 N–H and O–H groups in total. The molecule has 3 aromatic rings. The van der Waals surface area contributed by atoms with Crippen LogP contribution >= 0.6 is 0 Å². The second-order valence-corrected chi connectivity index (χ2v) is 7.33. The zero-order valence-corrected chi connectivity index (χ0v) is 16.7. The maximum absolute atomic E-state index is 9.27. The number of ether oxygens (including phenoxy) is 1. The van der Waals surface area contributed by atoms with Crippen molar-refractivity contribution >= 4 is 0 Å². The van der Waals surface area contributed by atoms with Crippen LogP contribution in [0.15, 0.2) is 59.2 Å². The van der Waals surface area contributed by atoms with Crippen molar-refractivity contribution in [1.29, 1.82) is 0 Å². The Balaban J connectivity index is 1.58. The molecular weight excluding hydrogens is 368 g/mol. The van der Waals surface area contributed by atoms with Crippen molar-refractivity contribution < 1.29 is 19.4 Å². The highest BCUT2D eigenvalue weighted by atomic mass is 16.5. The lowest BCUT2D eigenvalue weighted by atomic mass is 9.94. The van der Waals surface area contributed by atoms with E-state index in [1.165, 1.54) is 0 Å². The normalized spacial score (nSPS) is 11.6. The molecule has 0 atom stereocenters. The molecule has 2 aromatic carbocycles. The van der Waals surface area contributed by atoms with Gasteiger partial charge in [0.1, 0.15) is 23.5 Å². The highest BCUT2D eigenvalue weighted by molar-refractivity contribution is 5.59. The summed E-state index contributed by atoms with van der Waals surface area (Å²) < 4.78 is 11.4. The first kappa shape index (κ1) is 21.0. The molecule has 0 saturated heterocycles. The molecule has 1 heterocycles. The minimum Gasteiger partial charge on any atom is -0.457 e. The minimum absolute atomic E-state index is 0.241. The van der Waals surface area contributed by atoms with E-state index in [0.717, 1.165) is 47.1 Å². The van der Waals surface area contributed by atoms with Crippen LogP contribution in [0.5, 0.6) is 11.5 Å². The second kappa shape index (κ2) is 9.69. The van der Waals surface area contributed by atoms with Crippen molar-refractivity contribution in [2.75, 3.05) is 13.2 Å². The lowest BCUT2D eigenvalue weighted by Gasteiger charge is -2.24. The zero-order chi connectivity index (χ0) is 20.7. The first-order valence-electron chi connectivity index (χ1n) is 9.87. The Labute approximate surface area is 171 Å². The number of aromatic nitrogens is 1. The topological polar surface area (TPSA) is 102 Å². The van der Waals surface area contributed by atoms with Crippen molar-refractivity contribution in [2.45, 2.75) is 38.1 Å². The summed E-state index contributed by atoms with van der Waals surface area (Å²) in [6.45, 7) is 1.61. The predicted octanol–water partition coefficient (Wildman–Crippen LogP) is 3.70. The molecule has 0 radical (unpaired) electrons. The van der Waals surface area contributed by atoms with E-state index in [1.807, 2.05) is 48.5 Å². The van der Waals surface area contributed by atoms with E-state index < -0.39 is 5.54 Å². The lowest BCUT2D eigenvalue weighted by molar-refractivity contribution is 0.115. The molecule has 0 fully saturated rings. The summed E-state index contributed by atoms with van der Waals surface area (Å²) in [7, 11) is 0. The minimum atomic E-state index is -0.946. The Kier molecular flexibility index (Phi) is 7.04. The summed E-state index contributed by atoms with van der Waals surface area (Å²) in [5, 5.41) is 18.5. The summed E-state index contributed by atoms with van der Waals surface area (Å²) in [5.41, 5.74) is 7.84. The van der Waals surface area contributed by atoms with Gasteiger partial charge in [-0.25, -0.2) is 4.98 Å². The van der Waals surface area contributed by atoms with E-state index in [9.17, 15) is 10.2 Å². The van der Waals surface area contributed by atoms with Gasteiger partial charge in [0.05, 0.1) is 18.8 Å². The fourth-order valence-electron chi connectivity index (χ4n) is 2.93. The first-order chi connectivity index (χ1) is 14.0. The Morgan fingerprint density at radius 2 is 1.59 bits per heavy atom. The van der Waals surface area contributed by atoms with Crippen LogP contribution in [0, 0.1) is 0 Å². The number of hydrogen-bond donors (Lipinski definition) is 3. The van der Waals surface area contributed by atoms with Gasteiger partial charge in [-0.1, -0.05) is 19.1 Å². The molecule has 29 heavy (non-hydrogen) atoms. The largest absolute Gasteiger partial charge is 0.457 e. The smallest absolute Gasteiger partial charge is 0.194 e. The standard InChI is InChI=1S/C23H28N2O4/c1-2-3-22-25-21(14-28-22)18-6-10-20(11-7-18)29-19-8-4-17(5-9-19)12-13-23(24,15-26)16-27/h4-11,14,26-27H,2-3,12-13,15-16,24H2,1H3. The van der Waals surface area contributed by atoms with E-state index in [2.05, 4.69) is 11.9 Å². The Morgan fingerprint density at radius 3 is 2.17 bits per heavy atom. The molecule has 0 amide bonds. The van der Waals surface area contributed by atoms with Gasteiger partial charge in [-0.15, -0.1) is 0 Å². The van der Waals surface area contributed by atoms with Crippen LogP contribution in [-0.2, 0) is 12.8 Å². The molecule has 0 spiro atoms. The number of aliphatic hydroxyl groups excluding tert-OH is 2. The number of rotatable bonds is 10. The number of aryl methyl sites for hydroxylation is 2. The molecule has 0 aliphatic rings. The van der Waals surface area contributed by atoms with Crippen LogP contribution in [0.4, 0.5) is 0 Å². The maximum Gasteiger partial charge on any atom is 0.194 e. The van der Waals surface area contributed by atoms with Crippen molar-refractivity contribution in [1.82, 2.24) is 4.98 Å². The predicted molar refractivity (Wildman–Crippen MR) is 112 cm³/mol. The third-order valence-electron chi connectivity index (χ3n) is 4.87. The lowest BCUT2D eigenvalue weighted by Crippen LogP contribution is -2.47. The van der Waals surface area contributed by atoms with Gasteiger partial charge >= 0.3 is 0 Å². The van der Waals surface area contributed by atoms with Crippen molar-refractivity contribution in [2.24, 2.45) is 5.73 Å². The number of benzene rings is 2. The molecule has 6 nitrogen and oxygen atoms in total. The zero-order valence-electron chi connectivity index (χ0n) is 16.7. The van der Waals surface area contributed by atoms with Crippen LogP contribution in [0.25, 0.3) is 11.3 Å². The summed E-state index contributed by atoms with van der Waals surface area (Å²) in [5.74, 6) is 2.23. The number of hydrogen-bond acceptors (Lipinski definition) is 6. The molecule has 0 aliphatic carbocycles. The van der Waals surface area contributed by atoms with Crippen molar-refractivity contribution in [3.05, 3.63) is 66.2 Å². The monoisotopic (exact) mass is 396 g/mol. The number of nitrogens with zero attached hydrogens (tertiary/aromatic N) is 1. The van der Waals surface area contributed by atoms with Gasteiger partial charge in [-0.3, -0.25) is 0 Å². The Bertz CT molecular complexity index is 884. The Morgan fingerprint density at radius 1 is 0.966 bits per heavy atom. The molecule has 6 heteroatoms. The van der Waals surface area contributed by atoms with Crippen molar-refractivity contribution in [3.8, 4) is 22.8 Å². The van der Waals surface area contributed by atoms with E-state index in [1.54, 1.807) is 6.26 Å². The van der Waals surface area contributed by atoms with E-state index in [0.29, 0.717) is 12.8 Å². The number of oxazole rings is 1. The molecule has 0 saturated carbocycles. The first-order valence-corrected chi connectivity index (χ1v) is 9.87. The highest BCUT2D eigenvalue weighted by Gasteiger charge is 2.22. The van der Waals surface area contributed by atoms with Gasteiger partial charge in [0, 0.05) is 12.0 Å². The molecule has 154 valence electrons. The maximum atomic E-state index is 9.27. The van der Waals surface area contributed by atoms with E-state index in [-0.39, 0.29) is 13.2 Å². The quantitative estimate of drug-likeness (QED) is 0.483. The molecular formula is C23H28N2O4. The van der Waals surface area contributed by atoms with Crippen molar-refractivity contribution in [3.63, 3.8) is 0 Å². The second-order valence-electron chi connectivity index (χ2n) is 7.33. The van der Waals surface area contributed by atoms with Gasteiger partial charge in [0.25, 0.3) is 0 Å². The number of aliphatic hydroxyl groups is 2.